The van der Waals surface area contributed by atoms with Crippen molar-refractivity contribution in [2.45, 2.75) is 13.0 Å². The molecule has 0 unspecified atom stereocenters. The third kappa shape index (κ3) is 2.58. The zero-order chi connectivity index (χ0) is 11.4. The molecule has 1 saturated heterocycles. The van der Waals surface area contributed by atoms with Gasteiger partial charge in [0, 0.05) is 19.3 Å². The van der Waals surface area contributed by atoms with Gasteiger partial charge < -0.3 is 4.74 Å². The predicted octanol–water partition coefficient (Wildman–Crippen LogP) is 1.08. The third-order valence-electron chi connectivity index (χ3n) is 2.92. The first-order valence-electron chi connectivity index (χ1n) is 5.49. The fraction of sp³-hybridized carbons (Fsp3) is 0.500. The largest absolute Gasteiger partial charge is 0.469 e. The molecule has 16 heavy (non-hydrogen) atoms. The van der Waals surface area contributed by atoms with Crippen molar-refractivity contribution in [3.63, 3.8) is 0 Å². The summed E-state index contributed by atoms with van der Waals surface area (Å²) in [4.78, 5) is 17.9. The van der Waals surface area contributed by atoms with E-state index < -0.39 is 0 Å². The van der Waals surface area contributed by atoms with Crippen molar-refractivity contribution in [2.24, 2.45) is 5.92 Å². The summed E-state index contributed by atoms with van der Waals surface area (Å²) in [5.74, 6) is -0.0581. The van der Waals surface area contributed by atoms with Crippen molar-refractivity contribution in [2.75, 3.05) is 20.2 Å². The monoisotopic (exact) mass is 220 g/mol. The molecule has 2 rings (SSSR count). The van der Waals surface area contributed by atoms with Gasteiger partial charge in [0.2, 0.25) is 0 Å². The molecule has 1 aliphatic rings. The number of pyridine rings is 1. The Kier molecular flexibility index (Phi) is 3.51. The molecule has 0 spiro atoms. The number of aromatic nitrogens is 1. The second kappa shape index (κ2) is 5.07. The number of carbonyl (C=O) groups is 1. The first-order chi connectivity index (χ1) is 7.79. The van der Waals surface area contributed by atoms with Gasteiger partial charge in [0.05, 0.1) is 18.7 Å². The highest BCUT2D eigenvalue weighted by atomic mass is 16.5. The van der Waals surface area contributed by atoms with E-state index in [0.717, 1.165) is 31.7 Å². The standard InChI is InChI=1S/C12H16N2O2/c1-16-12(15)10-5-7-14(8-10)9-11-4-2-3-6-13-11/h2-4,6,10H,5,7-9H2,1H3/t10-/m0/s1. The maximum absolute atomic E-state index is 11.3. The lowest BCUT2D eigenvalue weighted by Gasteiger charge is -2.14. The topological polar surface area (TPSA) is 42.4 Å². The van der Waals surface area contributed by atoms with Gasteiger partial charge >= 0.3 is 5.97 Å². The van der Waals surface area contributed by atoms with Crippen molar-refractivity contribution in [3.8, 4) is 0 Å². The number of likely N-dealkylation sites (tertiary alicyclic amines) is 1. The molecule has 1 aromatic rings. The summed E-state index contributed by atoms with van der Waals surface area (Å²) in [6, 6.07) is 5.90. The van der Waals surface area contributed by atoms with E-state index >= 15 is 0 Å². The average molecular weight is 220 g/mol. The molecule has 0 N–H and O–H groups in total. The number of rotatable bonds is 3. The van der Waals surface area contributed by atoms with Gasteiger partial charge in [-0.15, -0.1) is 0 Å². The van der Waals surface area contributed by atoms with Crippen LogP contribution < -0.4 is 0 Å². The van der Waals surface area contributed by atoms with E-state index in [2.05, 4.69) is 9.88 Å². The van der Waals surface area contributed by atoms with E-state index in [9.17, 15) is 4.79 Å². The van der Waals surface area contributed by atoms with Gasteiger partial charge in [0.25, 0.3) is 0 Å². The fourth-order valence-corrected chi connectivity index (χ4v) is 2.06. The Morgan fingerprint density at radius 3 is 3.19 bits per heavy atom. The number of hydrogen-bond donors (Lipinski definition) is 0. The molecule has 0 saturated carbocycles. The average Bonchev–Trinajstić information content (AvgIpc) is 2.78. The number of methoxy groups -OCH3 is 1. The minimum Gasteiger partial charge on any atom is -0.469 e. The second-order valence-corrected chi connectivity index (χ2v) is 4.06. The molecule has 86 valence electrons. The molecule has 0 bridgehead atoms. The third-order valence-corrected chi connectivity index (χ3v) is 2.92. The maximum Gasteiger partial charge on any atom is 0.310 e. The molecule has 0 amide bonds. The van der Waals surface area contributed by atoms with Crippen LogP contribution in [-0.4, -0.2) is 36.1 Å². The van der Waals surface area contributed by atoms with Crippen molar-refractivity contribution < 1.29 is 9.53 Å². The van der Waals surface area contributed by atoms with E-state index in [1.165, 1.54) is 7.11 Å². The van der Waals surface area contributed by atoms with Crippen LogP contribution in [0.1, 0.15) is 12.1 Å². The van der Waals surface area contributed by atoms with E-state index in [-0.39, 0.29) is 11.9 Å². The van der Waals surface area contributed by atoms with Crippen LogP contribution in [0.15, 0.2) is 24.4 Å². The zero-order valence-corrected chi connectivity index (χ0v) is 9.43. The van der Waals surface area contributed by atoms with Crippen molar-refractivity contribution in [3.05, 3.63) is 30.1 Å². The van der Waals surface area contributed by atoms with E-state index in [1.54, 1.807) is 6.20 Å². The minimum atomic E-state index is -0.0940. The molecule has 4 heteroatoms. The molecule has 0 radical (unpaired) electrons. The summed E-state index contributed by atoms with van der Waals surface area (Å²) in [5, 5.41) is 0. The predicted molar refractivity (Wildman–Crippen MR) is 59.6 cm³/mol. The van der Waals surface area contributed by atoms with Gasteiger partial charge in [-0.05, 0) is 25.1 Å². The quantitative estimate of drug-likeness (QED) is 0.715. The Labute approximate surface area is 95.2 Å². The molecule has 1 aromatic heterocycles. The minimum absolute atomic E-state index is 0.0358. The molecule has 4 nitrogen and oxygen atoms in total. The Morgan fingerprint density at radius 1 is 1.62 bits per heavy atom. The number of ether oxygens (including phenoxy) is 1. The highest BCUT2D eigenvalue weighted by molar-refractivity contribution is 5.72. The Morgan fingerprint density at radius 2 is 2.50 bits per heavy atom. The molecule has 0 aromatic carbocycles. The Bertz CT molecular complexity index is 353. The number of esters is 1. The van der Waals surface area contributed by atoms with Gasteiger partial charge in [-0.3, -0.25) is 14.7 Å². The molecule has 1 atom stereocenters. The fourth-order valence-electron chi connectivity index (χ4n) is 2.06. The lowest BCUT2D eigenvalue weighted by atomic mass is 10.1. The Balaban J connectivity index is 1.88. The van der Waals surface area contributed by atoms with Gasteiger partial charge in [-0.1, -0.05) is 6.07 Å². The van der Waals surface area contributed by atoms with Crippen molar-refractivity contribution in [1.82, 2.24) is 9.88 Å². The summed E-state index contributed by atoms with van der Waals surface area (Å²) < 4.78 is 4.75. The lowest BCUT2D eigenvalue weighted by molar-refractivity contribution is -0.144. The summed E-state index contributed by atoms with van der Waals surface area (Å²) in [5.41, 5.74) is 1.05. The van der Waals surface area contributed by atoms with Crippen LogP contribution >= 0.6 is 0 Å². The smallest absolute Gasteiger partial charge is 0.310 e. The summed E-state index contributed by atoms with van der Waals surface area (Å²) in [6.45, 7) is 2.54. The highest BCUT2D eigenvalue weighted by Crippen LogP contribution is 2.18. The summed E-state index contributed by atoms with van der Waals surface area (Å²) >= 11 is 0. The molecular formula is C12H16N2O2. The molecular weight excluding hydrogens is 204 g/mol. The molecule has 1 aliphatic heterocycles. The van der Waals surface area contributed by atoms with Crippen molar-refractivity contribution in [1.29, 1.82) is 0 Å². The van der Waals surface area contributed by atoms with Crippen LogP contribution in [0.3, 0.4) is 0 Å². The van der Waals surface area contributed by atoms with Gasteiger partial charge in [-0.25, -0.2) is 0 Å². The SMILES string of the molecule is COC(=O)[C@H]1CCN(Cc2ccccn2)C1. The molecule has 1 fully saturated rings. The van der Waals surface area contributed by atoms with E-state index in [1.807, 2.05) is 18.2 Å². The summed E-state index contributed by atoms with van der Waals surface area (Å²) in [6.07, 6.45) is 2.68. The van der Waals surface area contributed by atoms with Gasteiger partial charge in [0.1, 0.15) is 0 Å². The Hall–Kier alpha value is -1.42. The molecule has 0 aliphatic carbocycles. The van der Waals surface area contributed by atoms with Gasteiger partial charge in [0.15, 0.2) is 0 Å². The normalized spacial score (nSPS) is 20.9. The van der Waals surface area contributed by atoms with Gasteiger partial charge in [-0.2, -0.15) is 0 Å². The first kappa shape index (κ1) is 11.1. The van der Waals surface area contributed by atoms with Crippen molar-refractivity contribution >= 4 is 5.97 Å². The number of hydrogen-bond acceptors (Lipinski definition) is 4. The zero-order valence-electron chi connectivity index (χ0n) is 9.43. The number of carbonyl (C=O) groups excluding carboxylic acids is 1. The highest BCUT2D eigenvalue weighted by Gasteiger charge is 2.28. The first-order valence-corrected chi connectivity index (χ1v) is 5.49. The van der Waals surface area contributed by atoms with Crippen LogP contribution in [0, 0.1) is 5.92 Å². The van der Waals surface area contributed by atoms with E-state index in [4.69, 9.17) is 4.74 Å². The van der Waals surface area contributed by atoms with E-state index in [0.29, 0.717) is 0 Å². The van der Waals surface area contributed by atoms with Crippen LogP contribution in [0.25, 0.3) is 0 Å². The second-order valence-electron chi connectivity index (χ2n) is 4.06. The van der Waals surface area contributed by atoms with Crippen LogP contribution in [0.4, 0.5) is 0 Å². The maximum atomic E-state index is 11.3. The van der Waals surface area contributed by atoms with Crippen LogP contribution in [-0.2, 0) is 16.1 Å². The lowest BCUT2D eigenvalue weighted by Crippen LogP contribution is -2.23. The summed E-state index contributed by atoms with van der Waals surface area (Å²) in [7, 11) is 1.45. The number of nitrogens with zero attached hydrogens (tertiary/aromatic N) is 2. The van der Waals surface area contributed by atoms with Crippen LogP contribution in [0.2, 0.25) is 0 Å². The molecule has 2 heterocycles. The van der Waals surface area contributed by atoms with Crippen LogP contribution in [0.5, 0.6) is 0 Å².